The Kier molecular flexibility index (Phi) is 5.71. The van der Waals surface area contributed by atoms with Gasteiger partial charge in [-0.15, -0.1) is 0 Å². The number of rotatable bonds is 5. The summed E-state index contributed by atoms with van der Waals surface area (Å²) in [5.74, 6) is 3.39. The molecule has 1 fully saturated rings. The number of aryl methyl sites for hydroxylation is 3. The normalized spacial score (nSPS) is 16.4. The zero-order chi connectivity index (χ0) is 22.1. The molecule has 0 bridgehead atoms. The maximum atomic E-state index is 13.0. The molecule has 4 rings (SSSR count). The first-order chi connectivity index (χ1) is 14.9. The molecule has 164 valence electrons. The summed E-state index contributed by atoms with van der Waals surface area (Å²) in [5, 5.41) is 3.96. The number of furan rings is 1. The second-order valence-electron chi connectivity index (χ2n) is 7.90. The first-order valence-electron chi connectivity index (χ1n) is 10.4. The summed E-state index contributed by atoms with van der Waals surface area (Å²) < 4.78 is 16.4. The average molecular weight is 425 g/mol. The first-order valence-corrected chi connectivity index (χ1v) is 10.4. The van der Waals surface area contributed by atoms with E-state index in [0.29, 0.717) is 35.3 Å². The van der Waals surface area contributed by atoms with E-state index in [1.165, 1.54) is 0 Å². The van der Waals surface area contributed by atoms with Crippen molar-refractivity contribution >= 4 is 28.5 Å². The SMILES string of the molecule is COc1ccc(NC(=O)[C@H]2CCCN(c3nc(C)nc4oc(C)c(C)c34)C2)cc1OC. The number of benzene rings is 1. The lowest BCUT2D eigenvalue weighted by molar-refractivity contribution is -0.120. The number of ether oxygens (including phenoxy) is 2. The second kappa shape index (κ2) is 8.45. The lowest BCUT2D eigenvalue weighted by Gasteiger charge is -2.33. The van der Waals surface area contributed by atoms with Gasteiger partial charge >= 0.3 is 0 Å². The molecule has 0 spiro atoms. The van der Waals surface area contributed by atoms with Crippen LogP contribution in [0.25, 0.3) is 11.1 Å². The average Bonchev–Trinajstić information content (AvgIpc) is 3.06. The van der Waals surface area contributed by atoms with Gasteiger partial charge in [-0.25, -0.2) is 4.98 Å². The summed E-state index contributed by atoms with van der Waals surface area (Å²) >= 11 is 0. The van der Waals surface area contributed by atoms with Crippen LogP contribution in [-0.4, -0.2) is 43.2 Å². The van der Waals surface area contributed by atoms with Gasteiger partial charge in [0.05, 0.1) is 25.5 Å². The van der Waals surface area contributed by atoms with Crippen molar-refractivity contribution < 1.29 is 18.7 Å². The molecule has 1 N–H and O–H groups in total. The first kappa shape index (κ1) is 21.0. The van der Waals surface area contributed by atoms with Crippen molar-refractivity contribution in [2.75, 3.05) is 37.5 Å². The number of nitrogens with one attached hydrogen (secondary N) is 1. The number of anilines is 2. The Morgan fingerprint density at radius 3 is 2.68 bits per heavy atom. The van der Waals surface area contributed by atoms with E-state index in [1.807, 2.05) is 26.8 Å². The number of amides is 1. The molecule has 1 amide bonds. The number of hydrogen-bond donors (Lipinski definition) is 1. The molecule has 3 heterocycles. The van der Waals surface area contributed by atoms with Gasteiger partial charge in [-0.1, -0.05) is 0 Å². The zero-order valence-corrected chi connectivity index (χ0v) is 18.6. The third-order valence-corrected chi connectivity index (χ3v) is 5.86. The van der Waals surface area contributed by atoms with E-state index in [1.54, 1.807) is 26.4 Å². The maximum absolute atomic E-state index is 13.0. The number of methoxy groups -OCH3 is 2. The van der Waals surface area contributed by atoms with Crippen molar-refractivity contribution in [3.8, 4) is 11.5 Å². The highest BCUT2D eigenvalue weighted by Crippen LogP contribution is 2.34. The summed E-state index contributed by atoms with van der Waals surface area (Å²) in [5.41, 5.74) is 2.33. The van der Waals surface area contributed by atoms with Gasteiger partial charge in [-0.05, 0) is 45.7 Å². The van der Waals surface area contributed by atoms with Crippen molar-refractivity contribution in [3.05, 3.63) is 35.3 Å². The Bertz CT molecular complexity index is 1120. The van der Waals surface area contributed by atoms with Crippen LogP contribution in [-0.2, 0) is 4.79 Å². The van der Waals surface area contributed by atoms with Gasteiger partial charge in [-0.3, -0.25) is 4.79 Å². The Morgan fingerprint density at radius 1 is 1.16 bits per heavy atom. The highest BCUT2D eigenvalue weighted by molar-refractivity contribution is 5.94. The van der Waals surface area contributed by atoms with Crippen LogP contribution in [0.4, 0.5) is 11.5 Å². The summed E-state index contributed by atoms with van der Waals surface area (Å²) in [6.07, 6.45) is 1.73. The Morgan fingerprint density at radius 2 is 1.94 bits per heavy atom. The number of carbonyl (C=O) groups excluding carboxylic acids is 1. The van der Waals surface area contributed by atoms with E-state index in [2.05, 4.69) is 15.2 Å². The molecule has 0 aliphatic carbocycles. The highest BCUT2D eigenvalue weighted by atomic mass is 16.5. The lowest BCUT2D eigenvalue weighted by atomic mass is 9.96. The van der Waals surface area contributed by atoms with Gasteiger partial charge in [0, 0.05) is 30.4 Å². The fraction of sp³-hybridized carbons (Fsp3) is 0.435. The molecular formula is C23H28N4O4. The molecule has 0 saturated carbocycles. The fourth-order valence-electron chi connectivity index (χ4n) is 4.10. The van der Waals surface area contributed by atoms with Crippen molar-refractivity contribution in [1.82, 2.24) is 9.97 Å². The monoisotopic (exact) mass is 424 g/mol. The fourth-order valence-corrected chi connectivity index (χ4v) is 4.10. The van der Waals surface area contributed by atoms with Crippen molar-refractivity contribution in [1.29, 1.82) is 0 Å². The highest BCUT2D eigenvalue weighted by Gasteiger charge is 2.29. The van der Waals surface area contributed by atoms with E-state index < -0.39 is 0 Å². The molecule has 31 heavy (non-hydrogen) atoms. The summed E-state index contributed by atoms with van der Waals surface area (Å²) in [6.45, 7) is 7.26. The predicted octanol–water partition coefficient (Wildman–Crippen LogP) is 4.02. The van der Waals surface area contributed by atoms with Gasteiger partial charge in [0.2, 0.25) is 11.6 Å². The van der Waals surface area contributed by atoms with Crippen molar-refractivity contribution in [3.63, 3.8) is 0 Å². The predicted molar refractivity (Wildman–Crippen MR) is 119 cm³/mol. The van der Waals surface area contributed by atoms with Crippen LogP contribution in [0.15, 0.2) is 22.6 Å². The molecule has 0 radical (unpaired) electrons. The standard InChI is InChI=1S/C23H28N4O4/c1-13-14(2)31-23-20(13)21(24-15(3)25-23)27-10-6-7-16(12-27)22(28)26-17-8-9-18(29-4)19(11-17)30-5/h8-9,11,16H,6-7,10,12H2,1-5H3,(H,26,28)/t16-/m0/s1. The van der Waals surface area contributed by atoms with Crippen LogP contribution in [0.5, 0.6) is 11.5 Å². The number of piperidine rings is 1. The summed E-state index contributed by atoms with van der Waals surface area (Å²) in [4.78, 5) is 24.4. The number of aromatic nitrogens is 2. The van der Waals surface area contributed by atoms with E-state index in [9.17, 15) is 4.79 Å². The quantitative estimate of drug-likeness (QED) is 0.662. The smallest absolute Gasteiger partial charge is 0.231 e. The third-order valence-electron chi connectivity index (χ3n) is 5.86. The van der Waals surface area contributed by atoms with Gasteiger partial charge in [-0.2, -0.15) is 4.98 Å². The molecule has 1 atom stereocenters. The van der Waals surface area contributed by atoms with Gasteiger partial charge in [0.1, 0.15) is 17.4 Å². The van der Waals surface area contributed by atoms with E-state index in [-0.39, 0.29) is 11.8 Å². The Balaban J connectivity index is 1.55. The van der Waals surface area contributed by atoms with Crippen LogP contribution < -0.4 is 19.7 Å². The van der Waals surface area contributed by atoms with Crippen LogP contribution in [0.3, 0.4) is 0 Å². The molecule has 1 saturated heterocycles. The Hall–Kier alpha value is -3.29. The van der Waals surface area contributed by atoms with Crippen LogP contribution in [0.1, 0.15) is 30.0 Å². The van der Waals surface area contributed by atoms with Gasteiger partial charge in [0.25, 0.3) is 0 Å². The van der Waals surface area contributed by atoms with Crippen LogP contribution in [0.2, 0.25) is 0 Å². The van der Waals surface area contributed by atoms with Crippen molar-refractivity contribution in [2.45, 2.75) is 33.6 Å². The molecule has 0 unspecified atom stereocenters. The minimum atomic E-state index is -0.152. The van der Waals surface area contributed by atoms with E-state index in [4.69, 9.17) is 18.9 Å². The maximum Gasteiger partial charge on any atom is 0.231 e. The molecule has 3 aromatic rings. The molecule has 8 heteroatoms. The minimum absolute atomic E-state index is 0.0148. The van der Waals surface area contributed by atoms with Gasteiger partial charge < -0.3 is 24.1 Å². The van der Waals surface area contributed by atoms with Crippen LogP contribution in [0, 0.1) is 26.7 Å². The summed E-state index contributed by atoms with van der Waals surface area (Å²) in [7, 11) is 3.16. The number of nitrogens with zero attached hydrogens (tertiary/aromatic N) is 3. The van der Waals surface area contributed by atoms with E-state index >= 15 is 0 Å². The molecule has 2 aromatic heterocycles. The topological polar surface area (TPSA) is 89.7 Å². The third kappa shape index (κ3) is 4.02. The molecular weight excluding hydrogens is 396 g/mol. The lowest BCUT2D eigenvalue weighted by Crippen LogP contribution is -2.41. The Labute approximate surface area is 181 Å². The van der Waals surface area contributed by atoms with E-state index in [0.717, 1.165) is 41.9 Å². The van der Waals surface area contributed by atoms with Crippen LogP contribution >= 0.6 is 0 Å². The number of carbonyl (C=O) groups is 1. The molecule has 8 nitrogen and oxygen atoms in total. The number of fused-ring (bicyclic) bond motifs is 1. The minimum Gasteiger partial charge on any atom is -0.493 e. The summed E-state index contributed by atoms with van der Waals surface area (Å²) in [6, 6.07) is 5.37. The molecule has 1 aliphatic rings. The largest absolute Gasteiger partial charge is 0.493 e. The molecule has 1 aromatic carbocycles. The van der Waals surface area contributed by atoms with Crippen molar-refractivity contribution in [2.24, 2.45) is 5.92 Å². The second-order valence-corrected chi connectivity index (χ2v) is 7.90. The number of hydrogen-bond acceptors (Lipinski definition) is 7. The van der Waals surface area contributed by atoms with Gasteiger partial charge in [0.15, 0.2) is 11.5 Å². The zero-order valence-electron chi connectivity index (χ0n) is 18.6. The molecule has 1 aliphatic heterocycles.